The van der Waals surface area contributed by atoms with Gasteiger partial charge in [-0.2, -0.15) is 0 Å². The summed E-state index contributed by atoms with van der Waals surface area (Å²) in [4.78, 5) is 7.23. The number of hydrogen-bond acceptors (Lipinski definition) is 3. The van der Waals surface area contributed by atoms with Gasteiger partial charge < -0.3 is 4.90 Å². The number of anilines is 1. The summed E-state index contributed by atoms with van der Waals surface area (Å²) in [7, 11) is 1.87. The van der Waals surface area contributed by atoms with Crippen molar-refractivity contribution in [3.63, 3.8) is 0 Å². The van der Waals surface area contributed by atoms with Crippen LogP contribution >= 0.6 is 22.9 Å². The van der Waals surface area contributed by atoms with Crippen molar-refractivity contribution in [3.8, 4) is 0 Å². The predicted molar refractivity (Wildman–Crippen MR) is 74.9 cm³/mol. The minimum Gasteiger partial charge on any atom is -0.367 e. The lowest BCUT2D eigenvalue weighted by Gasteiger charge is -2.19. The van der Waals surface area contributed by atoms with Crippen LogP contribution in [0.15, 0.2) is 23.7 Å². The second-order valence-electron chi connectivity index (χ2n) is 4.14. The van der Waals surface area contributed by atoms with E-state index < -0.39 is 0 Å². The highest BCUT2D eigenvalue weighted by Gasteiger charge is 2.11. The third kappa shape index (κ3) is 2.82. The molecule has 2 rings (SSSR count). The van der Waals surface area contributed by atoms with E-state index in [0.29, 0.717) is 18.1 Å². The molecule has 1 aromatic heterocycles. The Morgan fingerprint density at radius 2 is 2.22 bits per heavy atom. The first-order valence-corrected chi connectivity index (χ1v) is 6.97. The molecule has 0 aliphatic rings. The third-order valence-electron chi connectivity index (χ3n) is 2.80. The zero-order chi connectivity index (χ0) is 13.1. The molecule has 0 aliphatic carbocycles. The summed E-state index contributed by atoms with van der Waals surface area (Å²) < 4.78 is 13.9. The molecule has 0 spiro atoms. The van der Waals surface area contributed by atoms with Crippen molar-refractivity contribution < 1.29 is 4.39 Å². The van der Waals surface area contributed by atoms with Crippen molar-refractivity contribution in [2.45, 2.75) is 19.3 Å². The first-order chi connectivity index (χ1) is 8.61. The summed E-state index contributed by atoms with van der Waals surface area (Å²) >= 11 is 7.27. The third-order valence-corrected chi connectivity index (χ3v) is 4.03. The number of halogens is 2. The van der Waals surface area contributed by atoms with Gasteiger partial charge in [0.05, 0.1) is 23.4 Å². The topological polar surface area (TPSA) is 16.1 Å². The highest BCUT2D eigenvalue weighted by Crippen LogP contribution is 2.23. The van der Waals surface area contributed by atoms with E-state index in [1.54, 1.807) is 17.4 Å². The van der Waals surface area contributed by atoms with E-state index >= 15 is 0 Å². The monoisotopic (exact) mass is 284 g/mol. The molecule has 0 atom stereocenters. The van der Waals surface area contributed by atoms with Crippen molar-refractivity contribution in [1.82, 2.24) is 4.98 Å². The lowest BCUT2D eigenvalue weighted by molar-refractivity contribution is 0.621. The molecule has 5 heteroatoms. The van der Waals surface area contributed by atoms with Gasteiger partial charge in [0, 0.05) is 17.8 Å². The maximum atomic E-state index is 13.9. The van der Waals surface area contributed by atoms with Gasteiger partial charge in [-0.15, -0.1) is 22.9 Å². The maximum Gasteiger partial charge on any atom is 0.146 e. The van der Waals surface area contributed by atoms with Crippen LogP contribution in [0, 0.1) is 12.7 Å². The molecule has 0 saturated carbocycles. The molecular weight excluding hydrogens is 271 g/mol. The molecule has 0 bridgehead atoms. The van der Waals surface area contributed by atoms with Crippen LogP contribution in [0.3, 0.4) is 0 Å². The number of rotatable bonds is 4. The summed E-state index contributed by atoms with van der Waals surface area (Å²) in [6.45, 7) is 2.63. The van der Waals surface area contributed by atoms with Crippen LogP contribution < -0.4 is 4.90 Å². The van der Waals surface area contributed by atoms with Gasteiger partial charge in [0.25, 0.3) is 0 Å². The zero-order valence-corrected chi connectivity index (χ0v) is 11.9. The fraction of sp³-hybridized carbons (Fsp3) is 0.308. The first kappa shape index (κ1) is 13.3. The molecule has 1 aromatic carbocycles. The lowest BCUT2D eigenvalue weighted by atomic mass is 10.2. The predicted octanol–water partition coefficient (Wildman–Crippen LogP) is 3.97. The molecule has 18 heavy (non-hydrogen) atoms. The Morgan fingerprint density at radius 3 is 2.78 bits per heavy atom. The second kappa shape index (κ2) is 5.67. The summed E-state index contributed by atoms with van der Waals surface area (Å²) in [5.74, 6) is 0.0901. The van der Waals surface area contributed by atoms with Crippen LogP contribution in [0.4, 0.5) is 10.1 Å². The molecule has 2 nitrogen and oxygen atoms in total. The van der Waals surface area contributed by atoms with Crippen molar-refractivity contribution in [3.05, 3.63) is 45.7 Å². The van der Waals surface area contributed by atoms with Gasteiger partial charge in [0.2, 0.25) is 0 Å². The Labute approximate surface area is 115 Å². The number of aromatic nitrogens is 1. The minimum absolute atomic E-state index is 0.238. The van der Waals surface area contributed by atoms with Gasteiger partial charge in [-0.05, 0) is 24.6 Å². The fourth-order valence-corrected chi connectivity index (χ4v) is 2.72. The molecule has 0 fully saturated rings. The zero-order valence-electron chi connectivity index (χ0n) is 10.3. The van der Waals surface area contributed by atoms with Crippen LogP contribution in [0.1, 0.15) is 16.1 Å². The van der Waals surface area contributed by atoms with E-state index in [0.717, 1.165) is 16.1 Å². The number of aryl methyl sites for hydroxylation is 1. The van der Waals surface area contributed by atoms with Gasteiger partial charge in [-0.1, -0.05) is 6.07 Å². The van der Waals surface area contributed by atoms with Gasteiger partial charge in [0.1, 0.15) is 5.82 Å². The molecule has 0 aliphatic heterocycles. The first-order valence-electron chi connectivity index (χ1n) is 5.56. The molecule has 0 radical (unpaired) electrons. The quantitative estimate of drug-likeness (QED) is 0.790. The Morgan fingerprint density at radius 1 is 1.44 bits per heavy atom. The van der Waals surface area contributed by atoms with Crippen LogP contribution in [-0.2, 0) is 12.4 Å². The van der Waals surface area contributed by atoms with Gasteiger partial charge in [0.15, 0.2) is 0 Å². The smallest absolute Gasteiger partial charge is 0.146 e. The molecular formula is C13H14ClFN2S. The Kier molecular flexibility index (Phi) is 4.19. The molecule has 0 N–H and O–H groups in total. The fourth-order valence-electron chi connectivity index (χ4n) is 1.72. The van der Waals surface area contributed by atoms with Crippen LogP contribution in [0.5, 0.6) is 0 Å². The van der Waals surface area contributed by atoms with E-state index in [1.807, 2.05) is 30.4 Å². The highest BCUT2D eigenvalue weighted by molar-refractivity contribution is 7.09. The van der Waals surface area contributed by atoms with E-state index in [2.05, 4.69) is 4.98 Å². The second-order valence-corrected chi connectivity index (χ2v) is 5.34. The molecule has 96 valence electrons. The van der Waals surface area contributed by atoms with Crippen molar-refractivity contribution in [1.29, 1.82) is 0 Å². The summed E-state index contributed by atoms with van der Waals surface area (Å²) in [5, 5.41) is 0. The normalized spacial score (nSPS) is 10.7. The number of alkyl halides is 1. The largest absolute Gasteiger partial charge is 0.367 e. The van der Waals surface area contributed by atoms with E-state index in [-0.39, 0.29) is 5.82 Å². The lowest BCUT2D eigenvalue weighted by Crippen LogP contribution is -2.17. The Bertz CT molecular complexity index is 542. The molecule has 1 heterocycles. The Hall–Kier alpha value is -1.13. The van der Waals surface area contributed by atoms with E-state index in [1.165, 1.54) is 6.07 Å². The standard InChI is InChI=1S/C13H14ClFN2S/c1-9-13(18-8-16-9)7-17(2)12-4-3-10(6-14)5-11(12)15/h3-5,8H,6-7H2,1-2H3. The number of benzene rings is 1. The molecule has 0 unspecified atom stereocenters. The van der Waals surface area contributed by atoms with Crippen LogP contribution in [-0.4, -0.2) is 12.0 Å². The summed E-state index contributed by atoms with van der Waals surface area (Å²) in [5.41, 5.74) is 4.19. The van der Waals surface area contributed by atoms with Crippen LogP contribution in [0.2, 0.25) is 0 Å². The number of thiazole rings is 1. The SMILES string of the molecule is Cc1ncsc1CN(C)c1ccc(CCl)cc1F. The van der Waals surface area contributed by atoms with Gasteiger partial charge >= 0.3 is 0 Å². The minimum atomic E-state index is -0.238. The van der Waals surface area contributed by atoms with E-state index in [4.69, 9.17) is 11.6 Å². The summed E-state index contributed by atoms with van der Waals surface area (Å²) in [6, 6.07) is 5.10. The average molecular weight is 285 g/mol. The van der Waals surface area contributed by atoms with Crippen molar-refractivity contribution in [2.24, 2.45) is 0 Å². The maximum absolute atomic E-state index is 13.9. The van der Waals surface area contributed by atoms with Gasteiger partial charge in [-0.3, -0.25) is 0 Å². The molecule has 2 aromatic rings. The molecule has 0 saturated heterocycles. The number of hydrogen-bond donors (Lipinski definition) is 0. The number of nitrogens with zero attached hydrogens (tertiary/aromatic N) is 2. The van der Waals surface area contributed by atoms with Crippen molar-refractivity contribution >= 4 is 28.6 Å². The van der Waals surface area contributed by atoms with Crippen LogP contribution in [0.25, 0.3) is 0 Å². The molecule has 0 amide bonds. The van der Waals surface area contributed by atoms with E-state index in [9.17, 15) is 4.39 Å². The van der Waals surface area contributed by atoms with Gasteiger partial charge in [-0.25, -0.2) is 9.37 Å². The highest BCUT2D eigenvalue weighted by atomic mass is 35.5. The average Bonchev–Trinajstić information content (AvgIpc) is 2.74. The van der Waals surface area contributed by atoms with Crippen molar-refractivity contribution in [2.75, 3.05) is 11.9 Å². The Balaban J connectivity index is 2.19. The summed E-state index contributed by atoms with van der Waals surface area (Å²) in [6.07, 6.45) is 0.